The SMILES string of the molecule is COc1ccc(CCNC(=O)CC(=O)Nc2ccccc2C(F)(F)F)cc1. The number of methoxy groups -OCH3 is 1. The van der Waals surface area contributed by atoms with E-state index < -0.39 is 30.0 Å². The highest BCUT2D eigenvalue weighted by molar-refractivity contribution is 6.03. The van der Waals surface area contributed by atoms with Gasteiger partial charge >= 0.3 is 6.18 Å². The van der Waals surface area contributed by atoms with Crippen LogP contribution >= 0.6 is 0 Å². The standard InChI is InChI=1S/C19H19F3N2O3/c1-27-14-8-6-13(7-9-14)10-11-23-17(25)12-18(26)24-16-5-3-2-4-15(16)19(20,21)22/h2-9H,10-12H2,1H3,(H,23,25)(H,24,26). The van der Waals surface area contributed by atoms with Gasteiger partial charge in [-0.1, -0.05) is 24.3 Å². The molecule has 0 unspecified atom stereocenters. The van der Waals surface area contributed by atoms with Crippen molar-refractivity contribution in [3.63, 3.8) is 0 Å². The van der Waals surface area contributed by atoms with Gasteiger partial charge in [0, 0.05) is 6.54 Å². The molecule has 0 aromatic heterocycles. The molecule has 0 saturated carbocycles. The van der Waals surface area contributed by atoms with Gasteiger partial charge in [0.1, 0.15) is 12.2 Å². The molecule has 8 heteroatoms. The number of alkyl halides is 3. The predicted molar refractivity (Wildman–Crippen MR) is 94.4 cm³/mol. The van der Waals surface area contributed by atoms with Crippen LogP contribution in [0, 0.1) is 0 Å². The number of ether oxygens (including phenoxy) is 1. The maximum atomic E-state index is 12.9. The van der Waals surface area contributed by atoms with Gasteiger partial charge in [0.2, 0.25) is 11.8 Å². The highest BCUT2D eigenvalue weighted by Gasteiger charge is 2.33. The largest absolute Gasteiger partial charge is 0.497 e. The Kier molecular flexibility index (Phi) is 6.81. The van der Waals surface area contributed by atoms with Crippen LogP contribution in [0.3, 0.4) is 0 Å². The maximum Gasteiger partial charge on any atom is 0.418 e. The van der Waals surface area contributed by atoms with Crippen LogP contribution in [0.4, 0.5) is 18.9 Å². The highest BCUT2D eigenvalue weighted by atomic mass is 19.4. The Morgan fingerprint density at radius 2 is 1.67 bits per heavy atom. The zero-order chi connectivity index (χ0) is 19.9. The topological polar surface area (TPSA) is 67.4 Å². The summed E-state index contributed by atoms with van der Waals surface area (Å²) < 4.78 is 43.7. The van der Waals surface area contributed by atoms with Crippen LogP contribution in [0.5, 0.6) is 5.75 Å². The van der Waals surface area contributed by atoms with E-state index in [0.717, 1.165) is 23.4 Å². The average Bonchev–Trinajstić information content (AvgIpc) is 2.61. The molecule has 0 fully saturated rings. The molecule has 0 bridgehead atoms. The molecule has 0 aliphatic heterocycles. The van der Waals surface area contributed by atoms with Crippen LogP contribution < -0.4 is 15.4 Å². The van der Waals surface area contributed by atoms with E-state index in [2.05, 4.69) is 10.6 Å². The van der Waals surface area contributed by atoms with Crippen molar-refractivity contribution in [3.8, 4) is 5.75 Å². The van der Waals surface area contributed by atoms with Crippen molar-refractivity contribution in [2.75, 3.05) is 19.0 Å². The van der Waals surface area contributed by atoms with Crippen molar-refractivity contribution in [2.24, 2.45) is 0 Å². The molecule has 2 aromatic carbocycles. The van der Waals surface area contributed by atoms with E-state index in [0.29, 0.717) is 13.0 Å². The Bertz CT molecular complexity index is 790. The van der Waals surface area contributed by atoms with Gasteiger partial charge in [-0.3, -0.25) is 9.59 Å². The molecule has 27 heavy (non-hydrogen) atoms. The third kappa shape index (κ3) is 6.32. The summed E-state index contributed by atoms with van der Waals surface area (Å²) in [4.78, 5) is 23.7. The van der Waals surface area contributed by atoms with Crippen molar-refractivity contribution in [1.29, 1.82) is 0 Å². The molecule has 0 atom stereocenters. The summed E-state index contributed by atoms with van der Waals surface area (Å²) in [5, 5.41) is 4.70. The van der Waals surface area contributed by atoms with E-state index in [1.807, 2.05) is 12.1 Å². The number of carbonyl (C=O) groups excluding carboxylic acids is 2. The smallest absolute Gasteiger partial charge is 0.418 e. The minimum Gasteiger partial charge on any atom is -0.497 e. The summed E-state index contributed by atoms with van der Waals surface area (Å²) in [6, 6.07) is 11.9. The molecular formula is C19H19F3N2O3. The second-order valence-corrected chi connectivity index (χ2v) is 5.72. The molecule has 5 nitrogen and oxygen atoms in total. The summed E-state index contributed by atoms with van der Waals surface area (Å²) in [5.41, 5.74) is -0.362. The molecule has 2 N–H and O–H groups in total. The summed E-state index contributed by atoms with van der Waals surface area (Å²) in [6.07, 6.45) is -4.60. The number of hydrogen-bond acceptors (Lipinski definition) is 3. The summed E-state index contributed by atoms with van der Waals surface area (Å²) >= 11 is 0. The summed E-state index contributed by atoms with van der Waals surface area (Å²) in [7, 11) is 1.56. The van der Waals surface area contributed by atoms with E-state index in [1.54, 1.807) is 19.2 Å². The molecule has 0 saturated heterocycles. The first kappa shape index (κ1) is 20.3. The maximum absolute atomic E-state index is 12.9. The van der Waals surface area contributed by atoms with Gasteiger partial charge in [-0.2, -0.15) is 13.2 Å². The molecule has 2 rings (SSSR count). The molecule has 0 aliphatic rings. The number of anilines is 1. The molecule has 2 amide bonds. The predicted octanol–water partition coefficient (Wildman–Crippen LogP) is 3.40. The number of nitrogens with one attached hydrogen (secondary N) is 2. The van der Waals surface area contributed by atoms with Crippen molar-refractivity contribution in [2.45, 2.75) is 19.0 Å². The van der Waals surface area contributed by atoms with E-state index >= 15 is 0 Å². The number of amides is 2. The number of rotatable bonds is 7. The Labute approximate surface area is 154 Å². The number of para-hydroxylation sites is 1. The molecule has 0 spiro atoms. The normalized spacial score (nSPS) is 11.0. The summed E-state index contributed by atoms with van der Waals surface area (Å²) in [5.74, 6) is -0.655. The lowest BCUT2D eigenvalue weighted by atomic mass is 10.1. The lowest BCUT2D eigenvalue weighted by molar-refractivity contribution is -0.137. The second kappa shape index (κ2) is 9.07. The van der Waals surface area contributed by atoms with Gasteiger partial charge in [0.25, 0.3) is 0 Å². The fraction of sp³-hybridized carbons (Fsp3) is 0.263. The lowest BCUT2D eigenvalue weighted by Crippen LogP contribution is -2.30. The van der Waals surface area contributed by atoms with Crippen molar-refractivity contribution in [3.05, 3.63) is 59.7 Å². The molecule has 0 aliphatic carbocycles. The van der Waals surface area contributed by atoms with E-state index in [1.165, 1.54) is 12.1 Å². The van der Waals surface area contributed by atoms with E-state index in [9.17, 15) is 22.8 Å². The van der Waals surface area contributed by atoms with Crippen molar-refractivity contribution < 1.29 is 27.5 Å². The van der Waals surface area contributed by atoms with E-state index in [4.69, 9.17) is 4.74 Å². The zero-order valence-corrected chi connectivity index (χ0v) is 14.6. The minimum absolute atomic E-state index is 0.303. The van der Waals surface area contributed by atoms with Crippen LogP contribution in [0.15, 0.2) is 48.5 Å². The van der Waals surface area contributed by atoms with Crippen LogP contribution in [0.25, 0.3) is 0 Å². The quantitative estimate of drug-likeness (QED) is 0.724. The van der Waals surface area contributed by atoms with Crippen LogP contribution in [-0.2, 0) is 22.2 Å². The van der Waals surface area contributed by atoms with E-state index in [-0.39, 0.29) is 5.69 Å². The zero-order valence-electron chi connectivity index (χ0n) is 14.6. The van der Waals surface area contributed by atoms with Gasteiger partial charge in [-0.15, -0.1) is 0 Å². The molecular weight excluding hydrogens is 361 g/mol. The van der Waals surface area contributed by atoms with Gasteiger partial charge in [-0.25, -0.2) is 0 Å². The minimum atomic E-state index is -4.59. The third-order valence-electron chi connectivity index (χ3n) is 3.72. The molecule has 0 heterocycles. The van der Waals surface area contributed by atoms with Crippen LogP contribution in [0.1, 0.15) is 17.5 Å². The Morgan fingerprint density at radius 3 is 2.30 bits per heavy atom. The van der Waals surface area contributed by atoms with Crippen molar-refractivity contribution >= 4 is 17.5 Å². The Hall–Kier alpha value is -3.03. The average molecular weight is 380 g/mol. The monoisotopic (exact) mass is 380 g/mol. The first-order chi connectivity index (χ1) is 12.8. The first-order valence-corrected chi connectivity index (χ1v) is 8.15. The van der Waals surface area contributed by atoms with Gasteiger partial charge < -0.3 is 15.4 Å². The molecule has 0 radical (unpaired) electrons. The Morgan fingerprint density at radius 1 is 1.00 bits per heavy atom. The molecule has 144 valence electrons. The fourth-order valence-corrected chi connectivity index (χ4v) is 2.38. The summed E-state index contributed by atoms with van der Waals surface area (Å²) in [6.45, 7) is 0.303. The number of hydrogen-bond donors (Lipinski definition) is 2. The van der Waals surface area contributed by atoms with Crippen LogP contribution in [0.2, 0.25) is 0 Å². The van der Waals surface area contributed by atoms with Gasteiger partial charge in [-0.05, 0) is 36.2 Å². The lowest BCUT2D eigenvalue weighted by Gasteiger charge is -2.13. The first-order valence-electron chi connectivity index (χ1n) is 8.15. The number of carbonyl (C=O) groups is 2. The second-order valence-electron chi connectivity index (χ2n) is 5.72. The number of benzene rings is 2. The third-order valence-corrected chi connectivity index (χ3v) is 3.72. The fourth-order valence-electron chi connectivity index (χ4n) is 2.38. The molecule has 2 aromatic rings. The number of halogens is 3. The van der Waals surface area contributed by atoms with Gasteiger partial charge in [0.05, 0.1) is 18.4 Å². The highest BCUT2D eigenvalue weighted by Crippen LogP contribution is 2.34. The van der Waals surface area contributed by atoms with Crippen LogP contribution in [-0.4, -0.2) is 25.5 Å². The van der Waals surface area contributed by atoms with Crippen molar-refractivity contribution in [1.82, 2.24) is 5.32 Å². The Balaban J connectivity index is 1.81. The van der Waals surface area contributed by atoms with Gasteiger partial charge in [0.15, 0.2) is 0 Å².